The number of hydrogen-bond acceptors (Lipinski definition) is 3. The van der Waals surface area contributed by atoms with E-state index >= 15 is 0 Å². The molecule has 0 aromatic carbocycles. The van der Waals surface area contributed by atoms with Crippen LogP contribution in [0.5, 0.6) is 0 Å². The molecule has 0 aliphatic carbocycles. The Morgan fingerprint density at radius 1 is 1.62 bits per heavy atom. The minimum absolute atomic E-state index is 0.0902. The first-order valence-electron chi connectivity index (χ1n) is 3.87. The number of ether oxygens (including phenoxy) is 1. The van der Waals surface area contributed by atoms with Crippen molar-refractivity contribution in [1.82, 2.24) is 0 Å². The van der Waals surface area contributed by atoms with E-state index in [1.807, 2.05) is 6.92 Å². The smallest absolute Gasteiger partial charge is 0.333 e. The Kier molecular flexibility index (Phi) is 6.08. The van der Waals surface area contributed by atoms with Gasteiger partial charge in [0.1, 0.15) is 0 Å². The molecule has 0 aromatic rings. The molecule has 3 heteroatoms. The van der Waals surface area contributed by atoms with Crippen LogP contribution in [0.1, 0.15) is 13.8 Å². The van der Waals surface area contributed by atoms with Gasteiger partial charge in [0.2, 0.25) is 0 Å². The van der Waals surface area contributed by atoms with E-state index in [-0.39, 0.29) is 6.61 Å². The fraction of sp³-hybridized carbons (Fsp3) is 0.300. The second kappa shape index (κ2) is 6.99. The second-order valence-corrected chi connectivity index (χ2v) is 2.32. The molecule has 70 valence electrons. The number of carbonyl (C=O) groups is 1. The summed E-state index contributed by atoms with van der Waals surface area (Å²) >= 11 is 0. The molecule has 0 amide bonds. The highest BCUT2D eigenvalue weighted by atomic mass is 16.5. The van der Waals surface area contributed by atoms with Crippen LogP contribution in [-0.2, 0) is 9.53 Å². The molecular weight excluding hydrogens is 166 g/mol. The van der Waals surface area contributed by atoms with E-state index < -0.39 is 5.97 Å². The van der Waals surface area contributed by atoms with Crippen molar-refractivity contribution in [2.45, 2.75) is 13.8 Å². The Balaban J connectivity index is 3.74. The maximum atomic E-state index is 10.8. The van der Waals surface area contributed by atoms with Crippen molar-refractivity contribution in [1.29, 1.82) is 0 Å². The van der Waals surface area contributed by atoms with E-state index in [2.05, 4.69) is 11.8 Å². The summed E-state index contributed by atoms with van der Waals surface area (Å²) in [4.78, 5) is 10.8. The summed E-state index contributed by atoms with van der Waals surface area (Å²) in [6.07, 6.45) is 4.70. The first kappa shape index (κ1) is 11.3. The molecule has 0 aromatic heterocycles. The van der Waals surface area contributed by atoms with Crippen LogP contribution in [0.3, 0.4) is 0 Å². The average Bonchev–Trinajstić information content (AvgIpc) is 2.02. The lowest BCUT2D eigenvalue weighted by atomic mass is 10.4. The molecule has 0 saturated carbocycles. The van der Waals surface area contributed by atoms with Gasteiger partial charge in [-0.1, -0.05) is 17.9 Å². The summed E-state index contributed by atoms with van der Waals surface area (Å²) in [6.45, 7) is 3.57. The zero-order valence-electron chi connectivity index (χ0n) is 7.83. The Labute approximate surface area is 78.3 Å². The standard InChI is InChI=1S/C10H13NO2/c1-3-4-5-6-7-13-10(12)8-9(2)11/h3-4,8H,7,11H2,1-2H3/b4-3+,9-8-. The fourth-order valence-electron chi connectivity index (χ4n) is 0.519. The van der Waals surface area contributed by atoms with Gasteiger partial charge in [0.05, 0.1) is 0 Å². The monoisotopic (exact) mass is 179 g/mol. The van der Waals surface area contributed by atoms with Gasteiger partial charge in [0.25, 0.3) is 0 Å². The largest absolute Gasteiger partial charge is 0.449 e. The van der Waals surface area contributed by atoms with Crippen molar-refractivity contribution < 1.29 is 9.53 Å². The van der Waals surface area contributed by atoms with Crippen molar-refractivity contribution in [3.63, 3.8) is 0 Å². The van der Waals surface area contributed by atoms with Crippen LogP contribution in [0, 0.1) is 11.8 Å². The number of carbonyl (C=O) groups excluding carboxylic acids is 1. The third kappa shape index (κ3) is 8.21. The van der Waals surface area contributed by atoms with Crippen molar-refractivity contribution in [3.05, 3.63) is 23.9 Å². The SMILES string of the molecule is C/C=C/C#CCOC(=O)/C=C(/C)N. The summed E-state index contributed by atoms with van der Waals surface area (Å²) in [7, 11) is 0. The van der Waals surface area contributed by atoms with Gasteiger partial charge in [-0.15, -0.1) is 0 Å². The highest BCUT2D eigenvalue weighted by Gasteiger charge is 1.94. The molecular formula is C10H13NO2. The third-order valence-corrected chi connectivity index (χ3v) is 0.984. The van der Waals surface area contributed by atoms with E-state index in [0.29, 0.717) is 5.70 Å². The van der Waals surface area contributed by atoms with Crippen molar-refractivity contribution in [2.75, 3.05) is 6.61 Å². The minimum Gasteiger partial charge on any atom is -0.449 e. The van der Waals surface area contributed by atoms with Crippen LogP contribution in [0.4, 0.5) is 0 Å². The first-order valence-corrected chi connectivity index (χ1v) is 3.87. The van der Waals surface area contributed by atoms with E-state index in [1.54, 1.807) is 19.1 Å². The molecule has 0 radical (unpaired) electrons. The van der Waals surface area contributed by atoms with Crippen LogP contribution >= 0.6 is 0 Å². The Morgan fingerprint density at radius 3 is 2.85 bits per heavy atom. The molecule has 0 unspecified atom stereocenters. The quantitative estimate of drug-likeness (QED) is 0.390. The molecule has 2 N–H and O–H groups in total. The van der Waals surface area contributed by atoms with Crippen LogP contribution in [0.15, 0.2) is 23.9 Å². The molecule has 0 rings (SSSR count). The molecule has 13 heavy (non-hydrogen) atoms. The minimum atomic E-state index is -0.463. The lowest BCUT2D eigenvalue weighted by Crippen LogP contribution is -2.04. The van der Waals surface area contributed by atoms with Crippen LogP contribution in [-0.4, -0.2) is 12.6 Å². The van der Waals surface area contributed by atoms with Gasteiger partial charge in [-0.05, 0) is 19.9 Å². The molecule has 0 bridgehead atoms. The molecule has 0 fully saturated rings. The summed E-state index contributed by atoms with van der Waals surface area (Å²) in [5.74, 6) is 4.86. The lowest BCUT2D eigenvalue weighted by Gasteiger charge is -1.94. The summed E-state index contributed by atoms with van der Waals surface area (Å²) in [6, 6.07) is 0. The van der Waals surface area contributed by atoms with E-state index in [0.717, 1.165) is 0 Å². The molecule has 0 heterocycles. The molecule has 0 aliphatic rings. The molecule has 3 nitrogen and oxygen atoms in total. The lowest BCUT2D eigenvalue weighted by molar-refractivity contribution is -0.136. The Morgan fingerprint density at radius 2 is 2.31 bits per heavy atom. The van der Waals surface area contributed by atoms with Gasteiger partial charge >= 0.3 is 5.97 Å². The highest BCUT2D eigenvalue weighted by molar-refractivity contribution is 5.82. The van der Waals surface area contributed by atoms with Gasteiger partial charge < -0.3 is 10.5 Å². The predicted molar refractivity (Wildman–Crippen MR) is 51.5 cm³/mol. The van der Waals surface area contributed by atoms with Crippen LogP contribution in [0.25, 0.3) is 0 Å². The molecule has 0 atom stereocenters. The zero-order valence-corrected chi connectivity index (χ0v) is 7.83. The van der Waals surface area contributed by atoms with Gasteiger partial charge in [0.15, 0.2) is 6.61 Å². The van der Waals surface area contributed by atoms with Crippen LogP contribution in [0.2, 0.25) is 0 Å². The number of nitrogens with two attached hydrogens (primary N) is 1. The number of hydrogen-bond donors (Lipinski definition) is 1. The summed E-state index contributed by atoms with van der Waals surface area (Å²) in [5, 5.41) is 0. The molecule has 0 spiro atoms. The first-order chi connectivity index (χ1) is 6.16. The Hall–Kier alpha value is -1.69. The predicted octanol–water partition coefficient (Wildman–Crippen LogP) is 0.972. The summed E-state index contributed by atoms with van der Waals surface area (Å²) in [5.41, 5.74) is 5.68. The van der Waals surface area contributed by atoms with Crippen molar-refractivity contribution in [3.8, 4) is 11.8 Å². The van der Waals surface area contributed by atoms with Crippen LogP contribution < -0.4 is 5.73 Å². The molecule has 0 aliphatic heterocycles. The van der Waals surface area contributed by atoms with E-state index in [9.17, 15) is 4.79 Å². The fourth-order valence-corrected chi connectivity index (χ4v) is 0.519. The average molecular weight is 179 g/mol. The number of rotatable bonds is 2. The van der Waals surface area contributed by atoms with Gasteiger partial charge in [-0.25, -0.2) is 4.79 Å². The number of allylic oxidation sites excluding steroid dienone is 3. The van der Waals surface area contributed by atoms with E-state index in [4.69, 9.17) is 10.5 Å². The van der Waals surface area contributed by atoms with E-state index in [1.165, 1.54) is 6.08 Å². The van der Waals surface area contributed by atoms with Gasteiger partial charge in [-0.3, -0.25) is 0 Å². The van der Waals surface area contributed by atoms with Crippen molar-refractivity contribution >= 4 is 5.97 Å². The summed E-state index contributed by atoms with van der Waals surface area (Å²) < 4.78 is 4.70. The Bertz CT molecular complexity index is 275. The second-order valence-electron chi connectivity index (χ2n) is 2.32. The van der Waals surface area contributed by atoms with Gasteiger partial charge in [-0.2, -0.15) is 0 Å². The van der Waals surface area contributed by atoms with Gasteiger partial charge in [0, 0.05) is 11.8 Å². The normalized spacial score (nSPS) is 10.8. The van der Waals surface area contributed by atoms with Crippen molar-refractivity contribution in [2.24, 2.45) is 5.73 Å². The highest BCUT2D eigenvalue weighted by Crippen LogP contribution is 1.84. The molecule has 0 saturated heterocycles. The maximum absolute atomic E-state index is 10.8. The topological polar surface area (TPSA) is 52.3 Å². The number of esters is 1. The third-order valence-electron chi connectivity index (χ3n) is 0.984. The maximum Gasteiger partial charge on any atom is 0.333 e. The zero-order chi connectivity index (χ0) is 10.1.